The summed E-state index contributed by atoms with van der Waals surface area (Å²) < 4.78 is 0. The molecule has 3 nitrogen and oxygen atoms in total. The van der Waals surface area contributed by atoms with Crippen molar-refractivity contribution in [1.82, 2.24) is 0 Å². The Morgan fingerprint density at radius 3 is 2.36 bits per heavy atom. The molecule has 76 valence electrons. The van der Waals surface area contributed by atoms with E-state index in [4.69, 9.17) is 5.11 Å². The molecular formula is C11H15NO2. The molecule has 0 heterocycles. The monoisotopic (exact) mass is 193 g/mol. The fourth-order valence-electron chi connectivity index (χ4n) is 1.43. The van der Waals surface area contributed by atoms with E-state index >= 15 is 0 Å². The van der Waals surface area contributed by atoms with E-state index in [1.54, 1.807) is 0 Å². The number of carboxylic acid groups (broad SMARTS) is 1. The Hall–Kier alpha value is -1.51. The van der Waals surface area contributed by atoms with Crippen LogP contribution in [0.3, 0.4) is 0 Å². The van der Waals surface area contributed by atoms with Crippen LogP contribution in [0.25, 0.3) is 0 Å². The first-order valence-electron chi connectivity index (χ1n) is 4.69. The van der Waals surface area contributed by atoms with Crippen molar-refractivity contribution in [3.05, 3.63) is 29.8 Å². The van der Waals surface area contributed by atoms with Crippen molar-refractivity contribution in [1.29, 1.82) is 0 Å². The van der Waals surface area contributed by atoms with Crippen molar-refractivity contribution in [2.75, 3.05) is 12.4 Å². The van der Waals surface area contributed by atoms with Gasteiger partial charge in [0.05, 0.1) is 5.92 Å². The molecule has 3 heteroatoms. The zero-order valence-electron chi connectivity index (χ0n) is 8.45. The molecule has 1 atom stereocenters. The summed E-state index contributed by atoms with van der Waals surface area (Å²) in [4.78, 5) is 10.9. The van der Waals surface area contributed by atoms with E-state index in [0.717, 1.165) is 11.3 Å². The molecular weight excluding hydrogens is 178 g/mol. The summed E-state index contributed by atoms with van der Waals surface area (Å²) in [5, 5.41) is 11.9. The molecule has 0 fully saturated rings. The molecule has 2 N–H and O–H groups in total. The Morgan fingerprint density at radius 1 is 1.43 bits per heavy atom. The van der Waals surface area contributed by atoms with Crippen LogP contribution >= 0.6 is 0 Å². The second-order valence-corrected chi connectivity index (χ2v) is 3.17. The van der Waals surface area contributed by atoms with Gasteiger partial charge in [-0.25, -0.2) is 0 Å². The number of carbonyl (C=O) groups is 1. The summed E-state index contributed by atoms with van der Waals surface area (Å²) in [6.07, 6.45) is 0.619. The lowest BCUT2D eigenvalue weighted by Crippen LogP contribution is -2.10. The zero-order chi connectivity index (χ0) is 10.6. The number of benzene rings is 1. The highest BCUT2D eigenvalue weighted by atomic mass is 16.4. The molecule has 0 radical (unpaired) electrons. The second kappa shape index (κ2) is 4.65. The van der Waals surface area contributed by atoms with Gasteiger partial charge in [0.1, 0.15) is 0 Å². The van der Waals surface area contributed by atoms with Crippen LogP contribution in [0, 0.1) is 0 Å². The minimum absolute atomic E-state index is 0.388. The normalized spacial score (nSPS) is 12.1. The second-order valence-electron chi connectivity index (χ2n) is 3.17. The van der Waals surface area contributed by atoms with Crippen LogP contribution in [0.2, 0.25) is 0 Å². The SMILES string of the molecule is CCC(C(=O)O)c1ccc(NC)cc1. The Bertz CT molecular complexity index is 306. The van der Waals surface area contributed by atoms with Gasteiger partial charge in [0.25, 0.3) is 0 Å². The maximum Gasteiger partial charge on any atom is 0.310 e. The van der Waals surface area contributed by atoms with Gasteiger partial charge in [-0.1, -0.05) is 19.1 Å². The van der Waals surface area contributed by atoms with Gasteiger partial charge in [-0.05, 0) is 24.1 Å². The average molecular weight is 193 g/mol. The van der Waals surface area contributed by atoms with Gasteiger partial charge in [-0.2, -0.15) is 0 Å². The molecule has 0 bridgehead atoms. The van der Waals surface area contributed by atoms with Gasteiger partial charge < -0.3 is 10.4 Å². The van der Waals surface area contributed by atoms with Crippen molar-refractivity contribution in [2.24, 2.45) is 0 Å². The predicted molar refractivity (Wildman–Crippen MR) is 56.7 cm³/mol. The molecule has 0 amide bonds. The molecule has 0 aliphatic rings. The van der Waals surface area contributed by atoms with E-state index in [1.165, 1.54) is 0 Å². The Balaban J connectivity index is 2.89. The maximum absolute atomic E-state index is 10.9. The lowest BCUT2D eigenvalue weighted by atomic mass is 9.96. The molecule has 1 rings (SSSR count). The van der Waals surface area contributed by atoms with E-state index in [1.807, 2.05) is 38.2 Å². The molecule has 1 unspecified atom stereocenters. The molecule has 0 spiro atoms. The zero-order valence-corrected chi connectivity index (χ0v) is 8.45. The third kappa shape index (κ3) is 2.25. The molecule has 0 saturated heterocycles. The molecule has 14 heavy (non-hydrogen) atoms. The number of hydrogen-bond donors (Lipinski definition) is 2. The summed E-state index contributed by atoms with van der Waals surface area (Å²) in [6.45, 7) is 1.88. The number of aliphatic carboxylic acids is 1. The van der Waals surface area contributed by atoms with Crippen molar-refractivity contribution >= 4 is 11.7 Å². The van der Waals surface area contributed by atoms with Crippen molar-refractivity contribution in [3.8, 4) is 0 Å². The fraction of sp³-hybridized carbons (Fsp3) is 0.364. The van der Waals surface area contributed by atoms with Gasteiger partial charge in [0.15, 0.2) is 0 Å². The van der Waals surface area contributed by atoms with Gasteiger partial charge >= 0.3 is 5.97 Å². The third-order valence-electron chi connectivity index (χ3n) is 2.31. The van der Waals surface area contributed by atoms with Gasteiger partial charge in [0.2, 0.25) is 0 Å². The summed E-state index contributed by atoms with van der Waals surface area (Å²) in [5.74, 6) is -1.15. The van der Waals surface area contributed by atoms with Gasteiger partial charge in [-0.15, -0.1) is 0 Å². The van der Waals surface area contributed by atoms with Crippen LogP contribution in [-0.2, 0) is 4.79 Å². The minimum atomic E-state index is -0.760. The van der Waals surface area contributed by atoms with E-state index in [0.29, 0.717) is 6.42 Å². The number of nitrogens with one attached hydrogen (secondary N) is 1. The van der Waals surface area contributed by atoms with Crippen LogP contribution in [0.4, 0.5) is 5.69 Å². The van der Waals surface area contributed by atoms with Crippen LogP contribution in [0.5, 0.6) is 0 Å². The molecule has 0 aliphatic heterocycles. The molecule has 1 aromatic rings. The van der Waals surface area contributed by atoms with Crippen molar-refractivity contribution in [2.45, 2.75) is 19.3 Å². The highest BCUT2D eigenvalue weighted by molar-refractivity contribution is 5.76. The van der Waals surface area contributed by atoms with Crippen LogP contribution in [0.15, 0.2) is 24.3 Å². The van der Waals surface area contributed by atoms with E-state index in [2.05, 4.69) is 5.32 Å². The first-order chi connectivity index (χ1) is 6.69. The van der Waals surface area contributed by atoms with E-state index in [-0.39, 0.29) is 5.92 Å². The summed E-state index contributed by atoms with van der Waals surface area (Å²) in [5.41, 5.74) is 1.85. The Morgan fingerprint density at radius 2 is 2.00 bits per heavy atom. The average Bonchev–Trinajstić information content (AvgIpc) is 2.19. The standard InChI is InChI=1S/C11H15NO2/c1-3-10(11(13)14)8-4-6-9(12-2)7-5-8/h4-7,10,12H,3H2,1-2H3,(H,13,14). The maximum atomic E-state index is 10.9. The first kappa shape index (κ1) is 10.6. The summed E-state index contributed by atoms with van der Waals surface area (Å²) in [7, 11) is 1.84. The number of hydrogen-bond acceptors (Lipinski definition) is 2. The molecule has 0 aromatic heterocycles. The minimum Gasteiger partial charge on any atom is -0.481 e. The molecule has 0 aliphatic carbocycles. The summed E-state index contributed by atoms with van der Waals surface area (Å²) in [6, 6.07) is 7.49. The van der Waals surface area contributed by atoms with Crippen LogP contribution in [0.1, 0.15) is 24.8 Å². The van der Waals surface area contributed by atoms with Gasteiger partial charge in [-0.3, -0.25) is 4.79 Å². The number of anilines is 1. The number of carboxylic acids is 1. The summed E-state index contributed by atoms with van der Waals surface area (Å²) >= 11 is 0. The molecule has 1 aromatic carbocycles. The smallest absolute Gasteiger partial charge is 0.310 e. The quantitative estimate of drug-likeness (QED) is 0.771. The van der Waals surface area contributed by atoms with E-state index < -0.39 is 5.97 Å². The lowest BCUT2D eigenvalue weighted by Gasteiger charge is -2.10. The fourth-order valence-corrected chi connectivity index (χ4v) is 1.43. The Labute approximate surface area is 83.8 Å². The predicted octanol–water partition coefficient (Wildman–Crippen LogP) is 2.31. The number of rotatable bonds is 4. The topological polar surface area (TPSA) is 49.3 Å². The highest BCUT2D eigenvalue weighted by Crippen LogP contribution is 2.21. The Kier molecular flexibility index (Phi) is 3.51. The molecule has 0 saturated carbocycles. The van der Waals surface area contributed by atoms with Crippen LogP contribution < -0.4 is 5.32 Å². The first-order valence-corrected chi connectivity index (χ1v) is 4.69. The van der Waals surface area contributed by atoms with E-state index in [9.17, 15) is 4.79 Å². The van der Waals surface area contributed by atoms with Gasteiger partial charge in [0, 0.05) is 12.7 Å². The van der Waals surface area contributed by atoms with Crippen molar-refractivity contribution < 1.29 is 9.90 Å². The highest BCUT2D eigenvalue weighted by Gasteiger charge is 2.16. The van der Waals surface area contributed by atoms with Crippen molar-refractivity contribution in [3.63, 3.8) is 0 Å². The third-order valence-corrected chi connectivity index (χ3v) is 2.31. The lowest BCUT2D eigenvalue weighted by molar-refractivity contribution is -0.138. The van der Waals surface area contributed by atoms with Crippen LogP contribution in [-0.4, -0.2) is 18.1 Å². The largest absolute Gasteiger partial charge is 0.481 e.